The number of phenols is 1. The lowest BCUT2D eigenvalue weighted by atomic mass is 9.92. The zero-order valence-corrected chi connectivity index (χ0v) is 14.0. The largest absolute Gasteiger partial charge is 0.508 e. The minimum atomic E-state index is -0.244. The molecular formula is C18H28N2O3. The number of carbonyl (C=O) groups excluding carboxylic acids is 1. The first kappa shape index (κ1) is 17.6. The molecule has 1 fully saturated rings. The van der Waals surface area contributed by atoms with Gasteiger partial charge in [0.05, 0.1) is 6.10 Å². The van der Waals surface area contributed by atoms with Crippen LogP contribution in [-0.4, -0.2) is 39.3 Å². The Balaban J connectivity index is 2.11. The van der Waals surface area contributed by atoms with E-state index in [2.05, 4.69) is 5.32 Å². The number of aliphatic hydroxyl groups is 1. The Hall–Kier alpha value is -1.75. The highest BCUT2D eigenvalue weighted by molar-refractivity contribution is 5.75. The van der Waals surface area contributed by atoms with Crippen molar-refractivity contribution in [3.63, 3.8) is 0 Å². The van der Waals surface area contributed by atoms with Crippen LogP contribution in [0.1, 0.15) is 51.5 Å². The molecule has 1 aromatic carbocycles. The summed E-state index contributed by atoms with van der Waals surface area (Å²) in [6, 6.07) is 7.23. The Morgan fingerprint density at radius 3 is 2.65 bits per heavy atom. The van der Waals surface area contributed by atoms with Gasteiger partial charge in [0.2, 0.25) is 0 Å². The number of amides is 2. The van der Waals surface area contributed by atoms with Gasteiger partial charge in [0.1, 0.15) is 5.75 Å². The Kier molecular flexibility index (Phi) is 6.28. The van der Waals surface area contributed by atoms with Crippen LogP contribution in [0.25, 0.3) is 0 Å². The Morgan fingerprint density at radius 2 is 2.04 bits per heavy atom. The molecule has 1 aromatic rings. The normalized spacial score (nSPS) is 22.4. The molecule has 23 heavy (non-hydrogen) atoms. The van der Waals surface area contributed by atoms with Crippen molar-refractivity contribution in [2.24, 2.45) is 0 Å². The predicted molar refractivity (Wildman–Crippen MR) is 90.2 cm³/mol. The second-order valence-corrected chi connectivity index (χ2v) is 6.52. The van der Waals surface area contributed by atoms with E-state index in [0.29, 0.717) is 6.54 Å². The first-order valence-corrected chi connectivity index (χ1v) is 8.52. The molecule has 0 aromatic heterocycles. The molecule has 0 aliphatic heterocycles. The molecule has 0 heterocycles. The molecule has 3 N–H and O–H groups in total. The van der Waals surface area contributed by atoms with Gasteiger partial charge < -0.3 is 20.4 Å². The molecular weight excluding hydrogens is 292 g/mol. The van der Waals surface area contributed by atoms with Gasteiger partial charge in [-0.15, -0.1) is 0 Å². The number of aliphatic hydroxyl groups excluding tert-OH is 1. The van der Waals surface area contributed by atoms with Crippen LogP contribution in [0.5, 0.6) is 5.75 Å². The second-order valence-electron chi connectivity index (χ2n) is 6.52. The number of nitrogens with one attached hydrogen (secondary N) is 1. The zero-order valence-electron chi connectivity index (χ0n) is 14.0. The smallest absolute Gasteiger partial charge is 0.318 e. The maximum atomic E-state index is 12.7. The standard InChI is InChI=1S/C18H28N2O3/c1-3-13(2)19-18(23)20(15-7-9-16(21)10-8-15)12-14-5-4-6-17(22)11-14/h4-6,11,13,15-16,21-22H,3,7-10,12H2,1-2H3,(H,19,23)/t13-,15?,16?/m0/s1. The van der Waals surface area contributed by atoms with E-state index in [-0.39, 0.29) is 30.0 Å². The second kappa shape index (κ2) is 8.20. The van der Waals surface area contributed by atoms with E-state index in [1.165, 1.54) is 0 Å². The van der Waals surface area contributed by atoms with Crippen LogP contribution in [0, 0.1) is 0 Å². The van der Waals surface area contributed by atoms with Crippen LogP contribution in [0.15, 0.2) is 24.3 Å². The van der Waals surface area contributed by atoms with Crippen LogP contribution in [0.2, 0.25) is 0 Å². The fraction of sp³-hybridized carbons (Fsp3) is 0.611. The van der Waals surface area contributed by atoms with E-state index in [4.69, 9.17) is 0 Å². The number of hydrogen-bond donors (Lipinski definition) is 3. The van der Waals surface area contributed by atoms with Crippen molar-refractivity contribution in [2.45, 2.75) is 70.7 Å². The predicted octanol–water partition coefficient (Wildman–Crippen LogP) is 3.01. The third-order valence-corrected chi connectivity index (χ3v) is 4.61. The SMILES string of the molecule is CC[C@H](C)NC(=O)N(Cc1cccc(O)c1)C1CCC(O)CC1. The number of hydrogen-bond acceptors (Lipinski definition) is 3. The van der Waals surface area contributed by atoms with Gasteiger partial charge in [-0.1, -0.05) is 19.1 Å². The van der Waals surface area contributed by atoms with E-state index in [1.807, 2.05) is 24.8 Å². The molecule has 0 bridgehead atoms. The molecule has 2 amide bonds. The molecule has 1 atom stereocenters. The third-order valence-electron chi connectivity index (χ3n) is 4.61. The van der Waals surface area contributed by atoms with Crippen LogP contribution in [-0.2, 0) is 6.54 Å². The van der Waals surface area contributed by atoms with Crippen molar-refractivity contribution in [3.8, 4) is 5.75 Å². The zero-order chi connectivity index (χ0) is 16.8. The molecule has 128 valence electrons. The summed E-state index contributed by atoms with van der Waals surface area (Å²) >= 11 is 0. The summed E-state index contributed by atoms with van der Waals surface area (Å²) in [6.45, 7) is 4.51. The number of nitrogens with zero attached hydrogens (tertiary/aromatic N) is 1. The van der Waals surface area contributed by atoms with Gasteiger partial charge in [0.15, 0.2) is 0 Å². The van der Waals surface area contributed by atoms with Crippen molar-refractivity contribution < 1.29 is 15.0 Å². The van der Waals surface area contributed by atoms with Crippen molar-refractivity contribution >= 4 is 6.03 Å². The number of aromatic hydroxyl groups is 1. The Bertz CT molecular complexity index is 513. The summed E-state index contributed by atoms with van der Waals surface area (Å²) in [6.07, 6.45) is 3.73. The number of urea groups is 1. The Labute approximate surface area is 138 Å². The summed E-state index contributed by atoms with van der Waals surface area (Å²) in [5, 5.41) is 22.4. The minimum Gasteiger partial charge on any atom is -0.508 e. The van der Waals surface area contributed by atoms with Gasteiger partial charge in [0.25, 0.3) is 0 Å². The lowest BCUT2D eigenvalue weighted by Crippen LogP contribution is -2.49. The molecule has 5 nitrogen and oxygen atoms in total. The number of phenolic OH excluding ortho intramolecular Hbond substituents is 1. The van der Waals surface area contributed by atoms with E-state index < -0.39 is 0 Å². The number of rotatable bonds is 5. The molecule has 5 heteroatoms. The van der Waals surface area contributed by atoms with E-state index >= 15 is 0 Å². The lowest BCUT2D eigenvalue weighted by molar-refractivity contribution is 0.0811. The highest BCUT2D eigenvalue weighted by Gasteiger charge is 2.28. The van der Waals surface area contributed by atoms with Gasteiger partial charge in [-0.2, -0.15) is 0 Å². The van der Waals surface area contributed by atoms with Crippen molar-refractivity contribution in [1.29, 1.82) is 0 Å². The molecule has 1 aliphatic carbocycles. The van der Waals surface area contributed by atoms with Crippen LogP contribution in [0.3, 0.4) is 0 Å². The Morgan fingerprint density at radius 1 is 1.35 bits per heavy atom. The van der Waals surface area contributed by atoms with Crippen LogP contribution < -0.4 is 5.32 Å². The monoisotopic (exact) mass is 320 g/mol. The van der Waals surface area contributed by atoms with Crippen molar-refractivity contribution in [1.82, 2.24) is 10.2 Å². The van der Waals surface area contributed by atoms with Crippen LogP contribution in [0.4, 0.5) is 4.79 Å². The average Bonchev–Trinajstić information content (AvgIpc) is 2.53. The van der Waals surface area contributed by atoms with Crippen molar-refractivity contribution in [3.05, 3.63) is 29.8 Å². The third kappa shape index (κ3) is 5.13. The first-order chi connectivity index (χ1) is 11.0. The van der Waals surface area contributed by atoms with Crippen LogP contribution >= 0.6 is 0 Å². The number of carbonyl (C=O) groups is 1. The fourth-order valence-corrected chi connectivity index (χ4v) is 2.98. The average molecular weight is 320 g/mol. The molecule has 1 aliphatic rings. The van der Waals surface area contributed by atoms with E-state index in [0.717, 1.165) is 37.7 Å². The first-order valence-electron chi connectivity index (χ1n) is 8.52. The summed E-state index contributed by atoms with van der Waals surface area (Å²) in [4.78, 5) is 14.5. The number of benzene rings is 1. The van der Waals surface area contributed by atoms with E-state index in [1.54, 1.807) is 18.2 Å². The van der Waals surface area contributed by atoms with E-state index in [9.17, 15) is 15.0 Å². The molecule has 0 unspecified atom stereocenters. The summed E-state index contributed by atoms with van der Waals surface area (Å²) in [7, 11) is 0. The highest BCUT2D eigenvalue weighted by Crippen LogP contribution is 2.25. The summed E-state index contributed by atoms with van der Waals surface area (Å²) in [5.74, 6) is 0.212. The molecule has 1 saturated carbocycles. The maximum absolute atomic E-state index is 12.7. The fourth-order valence-electron chi connectivity index (χ4n) is 2.98. The molecule has 2 rings (SSSR count). The lowest BCUT2D eigenvalue weighted by Gasteiger charge is -2.36. The molecule has 0 saturated heterocycles. The van der Waals surface area contributed by atoms with Gasteiger partial charge in [-0.3, -0.25) is 0 Å². The van der Waals surface area contributed by atoms with Gasteiger partial charge in [-0.25, -0.2) is 4.79 Å². The van der Waals surface area contributed by atoms with Gasteiger partial charge in [0, 0.05) is 18.6 Å². The van der Waals surface area contributed by atoms with Gasteiger partial charge >= 0.3 is 6.03 Å². The summed E-state index contributed by atoms with van der Waals surface area (Å²) < 4.78 is 0. The van der Waals surface area contributed by atoms with Gasteiger partial charge in [-0.05, 0) is 56.7 Å². The quantitative estimate of drug-likeness (QED) is 0.781. The molecule has 0 spiro atoms. The minimum absolute atomic E-state index is 0.0657. The highest BCUT2D eigenvalue weighted by atomic mass is 16.3. The summed E-state index contributed by atoms with van der Waals surface area (Å²) in [5.41, 5.74) is 0.912. The maximum Gasteiger partial charge on any atom is 0.318 e. The van der Waals surface area contributed by atoms with Crippen molar-refractivity contribution in [2.75, 3.05) is 0 Å². The topological polar surface area (TPSA) is 72.8 Å². The molecule has 0 radical (unpaired) electrons.